The molecular weight excluding hydrogens is 250 g/mol. The molecule has 110 valence electrons. The van der Waals surface area contributed by atoms with E-state index in [-0.39, 0.29) is 0 Å². The fraction of sp³-hybridized carbons (Fsp3) is 0.500. The molecule has 0 fully saturated rings. The summed E-state index contributed by atoms with van der Waals surface area (Å²) in [4.78, 5) is 4.02. The zero-order valence-corrected chi connectivity index (χ0v) is 12.5. The van der Waals surface area contributed by atoms with E-state index in [0.717, 1.165) is 17.4 Å². The van der Waals surface area contributed by atoms with E-state index in [0.29, 0.717) is 11.7 Å². The molecule has 0 atom stereocenters. The molecule has 0 amide bonds. The second kappa shape index (κ2) is 11.4. The lowest BCUT2D eigenvalue weighted by Gasteiger charge is -2.09. The average molecular weight is 274 g/mol. The number of nitrogens with zero attached hydrogens (tertiary/aromatic N) is 1. The summed E-state index contributed by atoms with van der Waals surface area (Å²) < 4.78 is 26.3. The molecule has 0 bridgehead atoms. The van der Waals surface area contributed by atoms with Crippen LogP contribution in [0.25, 0.3) is 0 Å². The fourth-order valence-corrected chi connectivity index (χ4v) is 1.05. The van der Waals surface area contributed by atoms with E-state index in [2.05, 4.69) is 18.8 Å². The van der Waals surface area contributed by atoms with Gasteiger partial charge >= 0.3 is 0 Å². The van der Waals surface area contributed by atoms with Crippen LogP contribution in [0.1, 0.15) is 46.1 Å². The summed E-state index contributed by atoms with van der Waals surface area (Å²) >= 11 is 0. The Morgan fingerprint density at radius 1 is 1.37 bits per heavy atom. The SMILES string of the molecule is CC.CC=C(F)F.COc1cnc(N)c(C(C)C)c1. The molecular formula is C14H24F2N2O. The third-order valence-corrected chi connectivity index (χ3v) is 2.00. The van der Waals surface area contributed by atoms with Crippen LogP contribution in [0.3, 0.4) is 0 Å². The highest BCUT2D eigenvalue weighted by Gasteiger charge is 2.06. The number of nitrogen functional groups attached to an aromatic ring is 1. The van der Waals surface area contributed by atoms with E-state index in [4.69, 9.17) is 10.5 Å². The largest absolute Gasteiger partial charge is 0.495 e. The van der Waals surface area contributed by atoms with Crippen LogP contribution in [-0.4, -0.2) is 12.1 Å². The first-order valence-electron chi connectivity index (χ1n) is 6.19. The van der Waals surface area contributed by atoms with Crippen molar-refractivity contribution in [2.24, 2.45) is 0 Å². The fourth-order valence-electron chi connectivity index (χ4n) is 1.05. The maximum atomic E-state index is 10.6. The number of hydrogen-bond donors (Lipinski definition) is 1. The van der Waals surface area contributed by atoms with Crippen LogP contribution in [0.5, 0.6) is 5.75 Å². The molecule has 0 unspecified atom stereocenters. The van der Waals surface area contributed by atoms with Crippen LogP contribution in [-0.2, 0) is 0 Å². The predicted octanol–water partition coefficient (Wildman–Crippen LogP) is 4.61. The molecule has 0 saturated carbocycles. The molecule has 1 rings (SSSR count). The summed E-state index contributed by atoms with van der Waals surface area (Å²) in [5.74, 6) is 1.73. The third-order valence-electron chi connectivity index (χ3n) is 2.00. The smallest absolute Gasteiger partial charge is 0.266 e. The minimum absolute atomic E-state index is 0.382. The number of allylic oxidation sites excluding steroid dienone is 1. The molecule has 0 aliphatic rings. The van der Waals surface area contributed by atoms with Gasteiger partial charge in [-0.15, -0.1) is 0 Å². The minimum atomic E-state index is -1.62. The van der Waals surface area contributed by atoms with Crippen molar-refractivity contribution in [1.82, 2.24) is 4.98 Å². The van der Waals surface area contributed by atoms with Crippen LogP contribution in [0.15, 0.2) is 24.4 Å². The maximum Gasteiger partial charge on any atom is 0.266 e. The van der Waals surface area contributed by atoms with E-state index in [1.807, 2.05) is 19.9 Å². The molecule has 0 saturated heterocycles. The molecule has 0 radical (unpaired) electrons. The summed E-state index contributed by atoms with van der Waals surface area (Å²) in [6.07, 6.45) is 0.756. The molecule has 0 aromatic carbocycles. The first-order valence-corrected chi connectivity index (χ1v) is 6.19. The van der Waals surface area contributed by atoms with Crippen molar-refractivity contribution >= 4 is 5.82 Å². The van der Waals surface area contributed by atoms with Gasteiger partial charge in [-0.3, -0.25) is 0 Å². The van der Waals surface area contributed by atoms with Gasteiger partial charge in [0.2, 0.25) is 0 Å². The second-order valence-corrected chi connectivity index (χ2v) is 3.58. The van der Waals surface area contributed by atoms with E-state index >= 15 is 0 Å². The van der Waals surface area contributed by atoms with Gasteiger partial charge < -0.3 is 10.5 Å². The highest BCUT2D eigenvalue weighted by atomic mass is 19.3. The summed E-state index contributed by atoms with van der Waals surface area (Å²) in [5, 5.41) is 0. The van der Waals surface area contributed by atoms with Crippen molar-refractivity contribution in [3.63, 3.8) is 0 Å². The van der Waals surface area contributed by atoms with Gasteiger partial charge in [0.05, 0.1) is 13.3 Å². The Bertz CT molecular complexity index is 376. The summed E-state index contributed by atoms with van der Waals surface area (Å²) in [6.45, 7) is 9.44. The number of ether oxygens (including phenoxy) is 1. The highest BCUT2D eigenvalue weighted by Crippen LogP contribution is 2.23. The molecule has 0 aliphatic heterocycles. The van der Waals surface area contributed by atoms with Crippen LogP contribution in [0, 0.1) is 0 Å². The van der Waals surface area contributed by atoms with E-state index < -0.39 is 6.08 Å². The first-order chi connectivity index (χ1) is 8.92. The number of nitrogens with two attached hydrogens (primary N) is 1. The first kappa shape index (κ1) is 19.7. The molecule has 0 spiro atoms. The summed E-state index contributed by atoms with van der Waals surface area (Å²) in [6, 6.07) is 1.92. The molecule has 0 aliphatic carbocycles. The summed E-state index contributed by atoms with van der Waals surface area (Å²) in [5.41, 5.74) is 6.71. The molecule has 5 heteroatoms. The van der Waals surface area contributed by atoms with Crippen LogP contribution in [0.2, 0.25) is 0 Å². The topological polar surface area (TPSA) is 48.1 Å². The Kier molecular flexibility index (Phi) is 11.9. The number of hydrogen-bond acceptors (Lipinski definition) is 3. The van der Waals surface area contributed by atoms with Gasteiger partial charge in [0.15, 0.2) is 0 Å². The second-order valence-electron chi connectivity index (χ2n) is 3.58. The van der Waals surface area contributed by atoms with Gasteiger partial charge in [0.25, 0.3) is 6.08 Å². The molecule has 1 aromatic rings. The van der Waals surface area contributed by atoms with Crippen molar-refractivity contribution in [2.45, 2.75) is 40.5 Å². The Morgan fingerprint density at radius 3 is 2.16 bits per heavy atom. The van der Waals surface area contributed by atoms with E-state index in [1.165, 1.54) is 6.92 Å². The lowest BCUT2D eigenvalue weighted by Crippen LogP contribution is -2.00. The minimum Gasteiger partial charge on any atom is -0.495 e. The number of aromatic nitrogens is 1. The third kappa shape index (κ3) is 8.99. The lowest BCUT2D eigenvalue weighted by molar-refractivity contribution is 0.412. The van der Waals surface area contributed by atoms with Crippen LogP contribution >= 0.6 is 0 Å². The zero-order chi connectivity index (χ0) is 15.4. The Balaban J connectivity index is 0. The molecule has 1 heterocycles. The van der Waals surface area contributed by atoms with Gasteiger partial charge in [-0.05, 0) is 25.0 Å². The van der Waals surface area contributed by atoms with Crippen molar-refractivity contribution in [2.75, 3.05) is 12.8 Å². The van der Waals surface area contributed by atoms with Gasteiger partial charge in [0.1, 0.15) is 11.6 Å². The van der Waals surface area contributed by atoms with Crippen molar-refractivity contribution in [3.05, 3.63) is 30.0 Å². The molecule has 2 N–H and O–H groups in total. The van der Waals surface area contributed by atoms with Crippen molar-refractivity contribution in [3.8, 4) is 5.75 Å². The van der Waals surface area contributed by atoms with Crippen LogP contribution in [0.4, 0.5) is 14.6 Å². The van der Waals surface area contributed by atoms with E-state index in [1.54, 1.807) is 13.3 Å². The average Bonchev–Trinajstić information content (AvgIpc) is 2.42. The number of methoxy groups -OCH3 is 1. The highest BCUT2D eigenvalue weighted by molar-refractivity contribution is 5.44. The van der Waals surface area contributed by atoms with Gasteiger partial charge in [-0.2, -0.15) is 8.78 Å². The van der Waals surface area contributed by atoms with Crippen molar-refractivity contribution < 1.29 is 13.5 Å². The molecule has 3 nitrogen and oxygen atoms in total. The Labute approximate surface area is 114 Å². The standard InChI is InChI=1S/C9H14N2O.C3H4F2.C2H6/c1-6(2)8-4-7(12-3)5-11-9(8)10;1-2-3(4)5;1-2/h4-6H,1-3H3,(H2,10,11);2H,1H3;1-2H3. The van der Waals surface area contributed by atoms with Crippen LogP contribution < -0.4 is 10.5 Å². The number of anilines is 1. The predicted molar refractivity (Wildman–Crippen MR) is 76.6 cm³/mol. The van der Waals surface area contributed by atoms with Gasteiger partial charge in [-0.1, -0.05) is 27.7 Å². The summed E-state index contributed by atoms with van der Waals surface area (Å²) in [7, 11) is 1.62. The normalized spacial score (nSPS) is 8.68. The van der Waals surface area contributed by atoms with Gasteiger partial charge in [-0.25, -0.2) is 4.98 Å². The Morgan fingerprint density at radius 2 is 1.84 bits per heavy atom. The molecule has 19 heavy (non-hydrogen) atoms. The number of halogens is 2. The van der Waals surface area contributed by atoms with E-state index in [9.17, 15) is 8.78 Å². The number of rotatable bonds is 2. The zero-order valence-electron chi connectivity index (χ0n) is 12.5. The van der Waals surface area contributed by atoms with Crippen molar-refractivity contribution in [1.29, 1.82) is 0 Å². The monoisotopic (exact) mass is 274 g/mol. The Hall–Kier alpha value is -1.65. The molecule has 1 aromatic heterocycles. The quantitative estimate of drug-likeness (QED) is 0.856. The lowest BCUT2D eigenvalue weighted by atomic mass is 10.0. The number of pyridine rings is 1. The maximum absolute atomic E-state index is 10.6. The van der Waals surface area contributed by atoms with Gasteiger partial charge in [0, 0.05) is 5.56 Å².